The first-order valence-corrected chi connectivity index (χ1v) is 6.54. The maximum atomic E-state index is 12.1. The molecule has 1 unspecified atom stereocenters. The fourth-order valence-electron chi connectivity index (χ4n) is 2.34. The van der Waals surface area contributed by atoms with Gasteiger partial charge in [-0.15, -0.1) is 0 Å². The van der Waals surface area contributed by atoms with Crippen molar-refractivity contribution in [3.05, 3.63) is 53.6 Å². The summed E-state index contributed by atoms with van der Waals surface area (Å²) in [6.45, 7) is 4.34. The van der Waals surface area contributed by atoms with Crippen molar-refractivity contribution in [2.75, 3.05) is 7.05 Å². The zero-order valence-corrected chi connectivity index (χ0v) is 12.1. The summed E-state index contributed by atoms with van der Waals surface area (Å²) < 4.78 is 1.95. The Morgan fingerprint density at radius 1 is 1.35 bits per heavy atom. The predicted octanol–water partition coefficient (Wildman–Crippen LogP) is 1.10. The Kier molecular flexibility index (Phi) is 3.90. The molecule has 2 aromatic rings. The quantitative estimate of drug-likeness (QED) is 0.856. The van der Waals surface area contributed by atoms with E-state index >= 15 is 0 Å². The number of nitrogens with zero attached hydrogens (tertiary/aromatic N) is 2. The lowest BCUT2D eigenvalue weighted by Crippen LogP contribution is -2.54. The third kappa shape index (κ3) is 2.32. The van der Waals surface area contributed by atoms with Crippen LogP contribution in [-0.4, -0.2) is 22.5 Å². The molecule has 0 radical (unpaired) electrons. The molecular weight excluding hydrogens is 252 g/mol. The van der Waals surface area contributed by atoms with Gasteiger partial charge in [0.2, 0.25) is 5.91 Å². The number of nitrogens with two attached hydrogens (primary N) is 1. The molecule has 1 aromatic heterocycles. The van der Waals surface area contributed by atoms with Gasteiger partial charge in [0.1, 0.15) is 5.54 Å². The van der Waals surface area contributed by atoms with Crippen LogP contribution in [0.3, 0.4) is 0 Å². The van der Waals surface area contributed by atoms with E-state index in [1.54, 1.807) is 13.4 Å². The Labute approximate surface area is 118 Å². The number of benzene rings is 1. The highest BCUT2D eigenvalue weighted by Crippen LogP contribution is 2.24. The summed E-state index contributed by atoms with van der Waals surface area (Å²) in [5.41, 5.74) is 7.57. The third-order valence-corrected chi connectivity index (χ3v) is 3.87. The molecule has 0 saturated carbocycles. The monoisotopic (exact) mass is 272 g/mol. The minimum Gasteiger partial charge on any atom is -0.368 e. The van der Waals surface area contributed by atoms with Crippen LogP contribution in [0.25, 0.3) is 0 Å². The Hall–Kier alpha value is -2.14. The van der Waals surface area contributed by atoms with E-state index in [2.05, 4.69) is 10.3 Å². The van der Waals surface area contributed by atoms with Crippen molar-refractivity contribution < 1.29 is 4.79 Å². The Bertz CT molecular complexity index is 606. The fraction of sp³-hybridized carbons (Fsp3) is 0.333. The molecule has 0 saturated heterocycles. The van der Waals surface area contributed by atoms with Gasteiger partial charge in [-0.1, -0.05) is 30.3 Å². The summed E-state index contributed by atoms with van der Waals surface area (Å²) in [7, 11) is 1.75. The van der Waals surface area contributed by atoms with Gasteiger partial charge in [0.15, 0.2) is 0 Å². The number of carbonyl (C=O) groups excluding carboxylic acids is 1. The first-order chi connectivity index (χ1) is 9.51. The first kappa shape index (κ1) is 14.3. The molecule has 0 spiro atoms. The molecule has 20 heavy (non-hydrogen) atoms. The average Bonchev–Trinajstić information content (AvgIpc) is 2.77. The summed E-state index contributed by atoms with van der Waals surface area (Å²) in [4.78, 5) is 16.4. The summed E-state index contributed by atoms with van der Waals surface area (Å²) in [5, 5.41) is 3.09. The molecule has 0 aliphatic rings. The van der Waals surface area contributed by atoms with E-state index < -0.39 is 11.4 Å². The maximum absolute atomic E-state index is 12.1. The summed E-state index contributed by atoms with van der Waals surface area (Å²) >= 11 is 0. The molecule has 1 aromatic carbocycles. The first-order valence-electron chi connectivity index (χ1n) is 6.54. The Morgan fingerprint density at radius 3 is 2.45 bits per heavy atom. The van der Waals surface area contributed by atoms with Gasteiger partial charge in [0, 0.05) is 5.69 Å². The van der Waals surface area contributed by atoms with Gasteiger partial charge in [0.25, 0.3) is 0 Å². The second-order valence-electron chi connectivity index (χ2n) is 4.93. The minimum atomic E-state index is -0.945. The van der Waals surface area contributed by atoms with Gasteiger partial charge in [-0.05, 0) is 26.5 Å². The highest BCUT2D eigenvalue weighted by atomic mass is 16.1. The second kappa shape index (κ2) is 5.46. The van der Waals surface area contributed by atoms with Crippen LogP contribution in [0.1, 0.15) is 17.0 Å². The molecule has 2 rings (SSSR count). The zero-order chi connectivity index (χ0) is 14.8. The number of nitrogens with one attached hydrogen (secondary N) is 1. The Balaban J connectivity index is 2.48. The molecule has 5 nitrogen and oxygen atoms in total. The van der Waals surface area contributed by atoms with Gasteiger partial charge in [-0.3, -0.25) is 4.79 Å². The lowest BCUT2D eigenvalue weighted by Gasteiger charge is -2.31. The molecule has 0 fully saturated rings. The number of aromatic nitrogens is 2. The summed E-state index contributed by atoms with van der Waals surface area (Å²) in [6, 6.07) is 9.52. The van der Waals surface area contributed by atoms with Crippen LogP contribution in [0.5, 0.6) is 0 Å². The zero-order valence-electron chi connectivity index (χ0n) is 12.1. The van der Waals surface area contributed by atoms with Gasteiger partial charge in [-0.2, -0.15) is 0 Å². The number of rotatable bonds is 5. The molecular formula is C15H20N4O. The molecule has 1 amide bonds. The van der Waals surface area contributed by atoms with Gasteiger partial charge in [0.05, 0.1) is 18.6 Å². The minimum absolute atomic E-state index is 0.406. The number of primary amides is 1. The van der Waals surface area contributed by atoms with E-state index in [0.717, 1.165) is 17.0 Å². The highest BCUT2D eigenvalue weighted by molar-refractivity contribution is 5.86. The number of likely N-dealkylation sites (N-methyl/N-ethyl adjacent to an activating group) is 1. The van der Waals surface area contributed by atoms with Crippen LogP contribution >= 0.6 is 0 Å². The average molecular weight is 272 g/mol. The van der Waals surface area contributed by atoms with Crippen molar-refractivity contribution >= 4 is 5.91 Å². The standard InChI is InChI=1S/C15H20N4O/c1-11-12(2)19(10-18-11)9-15(17-3,14(16)20)13-7-5-4-6-8-13/h4-8,10,17H,9H2,1-3H3,(H2,16,20). The Morgan fingerprint density at radius 2 is 2.00 bits per heavy atom. The van der Waals surface area contributed by atoms with Crippen LogP contribution in [-0.2, 0) is 16.9 Å². The smallest absolute Gasteiger partial charge is 0.244 e. The SMILES string of the molecule is CNC(Cn1cnc(C)c1C)(C(N)=O)c1ccccc1. The van der Waals surface area contributed by atoms with Crippen molar-refractivity contribution in [1.82, 2.24) is 14.9 Å². The number of aryl methyl sites for hydroxylation is 1. The summed E-state index contributed by atoms with van der Waals surface area (Å²) in [6.07, 6.45) is 1.74. The number of hydrogen-bond donors (Lipinski definition) is 2. The highest BCUT2D eigenvalue weighted by Gasteiger charge is 2.37. The van der Waals surface area contributed by atoms with Crippen molar-refractivity contribution in [1.29, 1.82) is 0 Å². The van der Waals surface area contributed by atoms with Crippen LogP contribution in [0.15, 0.2) is 36.7 Å². The van der Waals surface area contributed by atoms with Crippen molar-refractivity contribution in [2.45, 2.75) is 25.9 Å². The second-order valence-corrected chi connectivity index (χ2v) is 4.93. The third-order valence-electron chi connectivity index (χ3n) is 3.87. The number of imidazole rings is 1. The van der Waals surface area contributed by atoms with Crippen LogP contribution in [0, 0.1) is 13.8 Å². The van der Waals surface area contributed by atoms with E-state index in [0.29, 0.717) is 6.54 Å². The maximum Gasteiger partial charge on any atom is 0.244 e. The number of amides is 1. The van der Waals surface area contributed by atoms with E-state index in [1.165, 1.54) is 0 Å². The number of carbonyl (C=O) groups is 1. The van der Waals surface area contributed by atoms with Gasteiger partial charge >= 0.3 is 0 Å². The number of hydrogen-bond acceptors (Lipinski definition) is 3. The van der Waals surface area contributed by atoms with Crippen molar-refractivity contribution in [3.63, 3.8) is 0 Å². The molecule has 0 bridgehead atoms. The van der Waals surface area contributed by atoms with Crippen LogP contribution in [0.4, 0.5) is 0 Å². The predicted molar refractivity (Wildman–Crippen MR) is 78.1 cm³/mol. The lowest BCUT2D eigenvalue weighted by molar-refractivity contribution is -0.125. The van der Waals surface area contributed by atoms with E-state index in [1.807, 2.05) is 48.7 Å². The van der Waals surface area contributed by atoms with Gasteiger partial charge in [-0.25, -0.2) is 4.98 Å². The lowest BCUT2D eigenvalue weighted by atomic mass is 9.89. The molecule has 1 atom stereocenters. The van der Waals surface area contributed by atoms with Crippen molar-refractivity contribution in [2.24, 2.45) is 5.73 Å². The summed E-state index contributed by atoms with van der Waals surface area (Å²) in [5.74, 6) is -0.406. The fourth-order valence-corrected chi connectivity index (χ4v) is 2.34. The van der Waals surface area contributed by atoms with Crippen LogP contribution in [0.2, 0.25) is 0 Å². The molecule has 106 valence electrons. The van der Waals surface area contributed by atoms with E-state index in [4.69, 9.17) is 5.73 Å². The molecule has 0 aliphatic carbocycles. The van der Waals surface area contributed by atoms with Gasteiger partial charge < -0.3 is 15.6 Å². The largest absolute Gasteiger partial charge is 0.368 e. The topological polar surface area (TPSA) is 72.9 Å². The van der Waals surface area contributed by atoms with Crippen molar-refractivity contribution in [3.8, 4) is 0 Å². The normalized spacial score (nSPS) is 13.9. The molecule has 3 N–H and O–H groups in total. The van der Waals surface area contributed by atoms with Crippen LogP contribution < -0.4 is 11.1 Å². The molecule has 0 aliphatic heterocycles. The molecule has 5 heteroatoms. The molecule has 1 heterocycles. The van der Waals surface area contributed by atoms with E-state index in [9.17, 15) is 4.79 Å². The van der Waals surface area contributed by atoms with E-state index in [-0.39, 0.29) is 0 Å².